The van der Waals surface area contributed by atoms with Crippen molar-refractivity contribution in [1.29, 1.82) is 0 Å². The first-order valence-electron chi connectivity index (χ1n) is 5.90. The van der Waals surface area contributed by atoms with Crippen LogP contribution in [0.4, 0.5) is 0 Å². The molecule has 0 aliphatic heterocycles. The maximum Gasteiger partial charge on any atom is 0.251 e. The van der Waals surface area contributed by atoms with E-state index in [0.29, 0.717) is 17.1 Å². The summed E-state index contributed by atoms with van der Waals surface area (Å²) >= 11 is 5.97. The van der Waals surface area contributed by atoms with Gasteiger partial charge in [-0.1, -0.05) is 24.6 Å². The molecule has 1 rings (SSSR count). The first kappa shape index (κ1) is 14.0. The molecule has 0 atom stereocenters. The van der Waals surface area contributed by atoms with Gasteiger partial charge in [-0.05, 0) is 44.1 Å². The van der Waals surface area contributed by atoms with Crippen LogP contribution >= 0.6 is 11.6 Å². The summed E-state index contributed by atoms with van der Waals surface area (Å²) in [6.07, 6.45) is 0.930. The van der Waals surface area contributed by atoms with Crippen molar-refractivity contribution in [2.24, 2.45) is 0 Å². The average molecular weight is 255 g/mol. The summed E-state index contributed by atoms with van der Waals surface area (Å²) in [6, 6.07) is 5.35. The number of carbonyl (C=O) groups is 1. The van der Waals surface area contributed by atoms with Crippen molar-refractivity contribution < 1.29 is 4.79 Å². The second-order valence-corrected chi connectivity index (χ2v) is 4.33. The van der Waals surface area contributed by atoms with Crippen LogP contribution in [0.1, 0.15) is 29.3 Å². The van der Waals surface area contributed by atoms with E-state index in [-0.39, 0.29) is 5.91 Å². The van der Waals surface area contributed by atoms with Gasteiger partial charge in [0.2, 0.25) is 0 Å². The Morgan fingerprint density at radius 2 is 2.12 bits per heavy atom. The van der Waals surface area contributed by atoms with Crippen LogP contribution in [-0.4, -0.2) is 25.5 Å². The van der Waals surface area contributed by atoms with E-state index in [9.17, 15) is 4.79 Å². The van der Waals surface area contributed by atoms with Gasteiger partial charge in [0, 0.05) is 17.1 Å². The molecular weight excluding hydrogens is 236 g/mol. The zero-order chi connectivity index (χ0) is 12.7. The highest BCUT2D eigenvalue weighted by Crippen LogP contribution is 2.16. The third kappa shape index (κ3) is 4.75. The predicted molar refractivity (Wildman–Crippen MR) is 71.7 cm³/mol. The van der Waals surface area contributed by atoms with Crippen LogP contribution in [0.15, 0.2) is 18.2 Å². The number of hydrogen-bond acceptors (Lipinski definition) is 2. The summed E-state index contributed by atoms with van der Waals surface area (Å²) in [5, 5.41) is 6.70. The molecule has 0 saturated carbocycles. The molecule has 3 nitrogen and oxygen atoms in total. The van der Waals surface area contributed by atoms with Gasteiger partial charge in [-0.3, -0.25) is 4.79 Å². The molecule has 0 aliphatic carbocycles. The fourth-order valence-electron chi connectivity index (χ4n) is 1.43. The van der Waals surface area contributed by atoms with Crippen molar-refractivity contribution in [2.45, 2.75) is 20.3 Å². The van der Waals surface area contributed by atoms with Gasteiger partial charge in [0.15, 0.2) is 0 Å². The quantitative estimate of drug-likeness (QED) is 0.766. The standard InChI is InChI=1S/C13H19ClN2O/c1-3-15-7-4-8-16-13(17)11-6-5-10(2)12(14)9-11/h5-6,9,15H,3-4,7-8H2,1-2H3,(H,16,17). The molecule has 0 unspecified atom stereocenters. The molecule has 0 radical (unpaired) electrons. The lowest BCUT2D eigenvalue weighted by Crippen LogP contribution is -2.27. The number of nitrogens with one attached hydrogen (secondary N) is 2. The van der Waals surface area contributed by atoms with Crippen LogP contribution in [0, 0.1) is 6.92 Å². The summed E-state index contributed by atoms with van der Waals surface area (Å²) in [5.41, 5.74) is 1.60. The largest absolute Gasteiger partial charge is 0.352 e. The summed E-state index contributed by atoms with van der Waals surface area (Å²) in [7, 11) is 0. The second kappa shape index (κ2) is 7.30. The number of hydrogen-bond donors (Lipinski definition) is 2. The number of halogens is 1. The molecule has 4 heteroatoms. The lowest BCUT2D eigenvalue weighted by atomic mass is 10.1. The smallest absolute Gasteiger partial charge is 0.251 e. The molecule has 0 bridgehead atoms. The van der Waals surface area contributed by atoms with Crippen LogP contribution < -0.4 is 10.6 Å². The molecule has 17 heavy (non-hydrogen) atoms. The molecule has 1 aromatic rings. The predicted octanol–water partition coefficient (Wildman–Crippen LogP) is 2.38. The molecule has 0 aromatic heterocycles. The van der Waals surface area contributed by atoms with Crippen molar-refractivity contribution in [2.75, 3.05) is 19.6 Å². The summed E-state index contributed by atoms with van der Waals surface area (Å²) in [6.45, 7) is 6.54. The number of carbonyl (C=O) groups excluding carboxylic acids is 1. The van der Waals surface area contributed by atoms with Crippen LogP contribution in [0.25, 0.3) is 0 Å². The van der Waals surface area contributed by atoms with Gasteiger partial charge in [-0.2, -0.15) is 0 Å². The molecule has 2 N–H and O–H groups in total. The fourth-order valence-corrected chi connectivity index (χ4v) is 1.61. The Balaban J connectivity index is 2.39. The first-order chi connectivity index (χ1) is 8.15. The van der Waals surface area contributed by atoms with E-state index in [1.807, 2.05) is 13.0 Å². The maximum atomic E-state index is 11.8. The minimum absolute atomic E-state index is 0.0663. The number of benzene rings is 1. The van der Waals surface area contributed by atoms with Crippen LogP contribution in [0.5, 0.6) is 0 Å². The van der Waals surface area contributed by atoms with Gasteiger partial charge in [-0.15, -0.1) is 0 Å². The van der Waals surface area contributed by atoms with Gasteiger partial charge in [-0.25, -0.2) is 0 Å². The topological polar surface area (TPSA) is 41.1 Å². The molecule has 1 aromatic carbocycles. The lowest BCUT2D eigenvalue weighted by molar-refractivity contribution is 0.0953. The second-order valence-electron chi connectivity index (χ2n) is 3.93. The van der Waals surface area contributed by atoms with Crippen LogP contribution in [-0.2, 0) is 0 Å². The van der Waals surface area contributed by atoms with E-state index >= 15 is 0 Å². The Morgan fingerprint density at radius 3 is 2.76 bits per heavy atom. The number of amides is 1. The van der Waals surface area contributed by atoms with Crippen molar-refractivity contribution in [3.63, 3.8) is 0 Å². The normalized spacial score (nSPS) is 10.3. The van der Waals surface area contributed by atoms with Gasteiger partial charge in [0.05, 0.1) is 0 Å². The molecular formula is C13H19ClN2O. The first-order valence-corrected chi connectivity index (χ1v) is 6.28. The summed E-state index contributed by atoms with van der Waals surface area (Å²) < 4.78 is 0. The fraction of sp³-hybridized carbons (Fsp3) is 0.462. The van der Waals surface area contributed by atoms with Gasteiger partial charge in [0.25, 0.3) is 5.91 Å². The maximum absolute atomic E-state index is 11.8. The van der Waals surface area contributed by atoms with E-state index in [2.05, 4.69) is 17.6 Å². The number of aryl methyl sites for hydroxylation is 1. The molecule has 0 saturated heterocycles. The zero-order valence-electron chi connectivity index (χ0n) is 10.3. The van der Waals surface area contributed by atoms with Gasteiger partial charge >= 0.3 is 0 Å². The Morgan fingerprint density at radius 1 is 1.35 bits per heavy atom. The Labute approximate surface area is 108 Å². The Hall–Kier alpha value is -1.06. The minimum atomic E-state index is -0.0663. The summed E-state index contributed by atoms with van der Waals surface area (Å²) in [4.78, 5) is 11.8. The highest BCUT2D eigenvalue weighted by Gasteiger charge is 2.06. The van der Waals surface area contributed by atoms with E-state index in [1.54, 1.807) is 12.1 Å². The third-order valence-electron chi connectivity index (χ3n) is 2.50. The summed E-state index contributed by atoms with van der Waals surface area (Å²) in [5.74, 6) is -0.0663. The SMILES string of the molecule is CCNCCCNC(=O)c1ccc(C)c(Cl)c1. The van der Waals surface area contributed by atoms with E-state index in [1.165, 1.54) is 0 Å². The molecule has 0 fully saturated rings. The lowest BCUT2D eigenvalue weighted by Gasteiger charge is -2.06. The van der Waals surface area contributed by atoms with Crippen molar-refractivity contribution in [3.05, 3.63) is 34.3 Å². The third-order valence-corrected chi connectivity index (χ3v) is 2.91. The van der Waals surface area contributed by atoms with E-state index in [4.69, 9.17) is 11.6 Å². The minimum Gasteiger partial charge on any atom is -0.352 e. The number of rotatable bonds is 6. The highest BCUT2D eigenvalue weighted by atomic mass is 35.5. The average Bonchev–Trinajstić information content (AvgIpc) is 2.32. The van der Waals surface area contributed by atoms with Crippen molar-refractivity contribution in [1.82, 2.24) is 10.6 Å². The molecule has 1 amide bonds. The zero-order valence-corrected chi connectivity index (χ0v) is 11.1. The van der Waals surface area contributed by atoms with E-state index in [0.717, 1.165) is 25.1 Å². The van der Waals surface area contributed by atoms with Gasteiger partial charge < -0.3 is 10.6 Å². The van der Waals surface area contributed by atoms with Crippen molar-refractivity contribution in [3.8, 4) is 0 Å². The molecule has 0 spiro atoms. The molecule has 0 aliphatic rings. The van der Waals surface area contributed by atoms with Crippen LogP contribution in [0.2, 0.25) is 5.02 Å². The molecule has 0 heterocycles. The van der Waals surface area contributed by atoms with E-state index < -0.39 is 0 Å². The van der Waals surface area contributed by atoms with Gasteiger partial charge in [0.1, 0.15) is 0 Å². The van der Waals surface area contributed by atoms with Crippen LogP contribution in [0.3, 0.4) is 0 Å². The molecule has 94 valence electrons. The Bertz CT molecular complexity index is 380. The van der Waals surface area contributed by atoms with Crippen molar-refractivity contribution >= 4 is 17.5 Å². The monoisotopic (exact) mass is 254 g/mol. The highest BCUT2D eigenvalue weighted by molar-refractivity contribution is 6.31. The Kier molecular flexibility index (Phi) is 6.01.